The highest BCUT2D eigenvalue weighted by Gasteiger charge is 2.30. The smallest absolute Gasteiger partial charge is 0.271 e. The van der Waals surface area contributed by atoms with Gasteiger partial charge in [0.05, 0.1) is 16.2 Å². The average Bonchev–Trinajstić information content (AvgIpc) is 2.85. The molecular formula is C21H19ClN6O3. The molecule has 0 fully saturated rings. The standard InChI is InChI=1S/C21H19ClN6O3/c1-3-27-19-16(21(29)26(2)17-7-8-18(22)25-20(17)27)9-13(12-24-19)11-23-14-5-4-6-15(10-14)28(30)31/h4-10,12,23H,3,11H2,1-2H3. The van der Waals surface area contributed by atoms with E-state index in [1.165, 1.54) is 17.0 Å². The second-order valence-corrected chi connectivity index (χ2v) is 7.35. The first-order valence-electron chi connectivity index (χ1n) is 9.58. The number of hydrogen-bond acceptors (Lipinski definition) is 7. The van der Waals surface area contributed by atoms with Crippen LogP contribution in [0.2, 0.25) is 5.15 Å². The van der Waals surface area contributed by atoms with Crippen molar-refractivity contribution in [3.8, 4) is 0 Å². The van der Waals surface area contributed by atoms with E-state index in [2.05, 4.69) is 15.3 Å². The third-order valence-corrected chi connectivity index (χ3v) is 5.23. The molecule has 0 spiro atoms. The van der Waals surface area contributed by atoms with Gasteiger partial charge in [0.1, 0.15) is 11.0 Å². The van der Waals surface area contributed by atoms with Gasteiger partial charge in [-0.15, -0.1) is 0 Å². The van der Waals surface area contributed by atoms with Crippen LogP contribution in [0, 0.1) is 10.1 Å². The van der Waals surface area contributed by atoms with Crippen molar-refractivity contribution in [1.82, 2.24) is 9.97 Å². The van der Waals surface area contributed by atoms with Gasteiger partial charge < -0.3 is 15.1 Å². The van der Waals surface area contributed by atoms with Crippen LogP contribution in [0.15, 0.2) is 48.7 Å². The number of amides is 1. The fraction of sp³-hybridized carbons (Fsp3) is 0.190. The van der Waals surface area contributed by atoms with Gasteiger partial charge in [-0.1, -0.05) is 17.7 Å². The minimum atomic E-state index is -0.444. The summed E-state index contributed by atoms with van der Waals surface area (Å²) in [5, 5.41) is 14.4. The number of non-ortho nitro benzene ring substituents is 1. The van der Waals surface area contributed by atoms with Crippen LogP contribution in [0.25, 0.3) is 0 Å². The zero-order chi connectivity index (χ0) is 22.1. The van der Waals surface area contributed by atoms with E-state index in [0.29, 0.717) is 46.8 Å². The summed E-state index contributed by atoms with van der Waals surface area (Å²) in [6, 6.07) is 11.4. The molecule has 1 amide bonds. The van der Waals surface area contributed by atoms with E-state index in [1.54, 1.807) is 43.6 Å². The van der Waals surface area contributed by atoms with Gasteiger partial charge in [0, 0.05) is 44.2 Å². The lowest BCUT2D eigenvalue weighted by Crippen LogP contribution is -2.25. The first kappa shape index (κ1) is 20.5. The van der Waals surface area contributed by atoms with Gasteiger partial charge in [0.2, 0.25) is 0 Å². The number of nitrogens with zero attached hydrogens (tertiary/aromatic N) is 5. The van der Waals surface area contributed by atoms with Crippen molar-refractivity contribution in [2.24, 2.45) is 0 Å². The Bertz CT molecular complexity index is 1190. The third kappa shape index (κ3) is 3.87. The Kier molecular flexibility index (Phi) is 5.43. The first-order valence-corrected chi connectivity index (χ1v) is 9.96. The van der Waals surface area contributed by atoms with Crippen molar-refractivity contribution in [2.75, 3.05) is 28.7 Å². The van der Waals surface area contributed by atoms with E-state index in [-0.39, 0.29) is 11.6 Å². The molecule has 1 aliphatic heterocycles. The van der Waals surface area contributed by atoms with Gasteiger partial charge in [-0.3, -0.25) is 14.9 Å². The number of halogens is 1. The van der Waals surface area contributed by atoms with Gasteiger partial charge in [-0.05, 0) is 36.8 Å². The summed E-state index contributed by atoms with van der Waals surface area (Å²) in [6.45, 7) is 2.85. The van der Waals surface area contributed by atoms with Crippen molar-refractivity contribution in [3.05, 3.63) is 75.1 Å². The van der Waals surface area contributed by atoms with Gasteiger partial charge in [-0.2, -0.15) is 0 Å². The number of nitrogens with one attached hydrogen (secondary N) is 1. The highest BCUT2D eigenvalue weighted by Crippen LogP contribution is 2.38. The Hall–Kier alpha value is -3.72. The van der Waals surface area contributed by atoms with Crippen molar-refractivity contribution >= 4 is 46.2 Å². The number of carbonyl (C=O) groups excluding carboxylic acids is 1. The summed E-state index contributed by atoms with van der Waals surface area (Å²) in [4.78, 5) is 36.1. The summed E-state index contributed by atoms with van der Waals surface area (Å²) >= 11 is 6.11. The molecule has 1 N–H and O–H groups in total. The van der Waals surface area contributed by atoms with Gasteiger partial charge in [-0.25, -0.2) is 9.97 Å². The number of benzene rings is 1. The van der Waals surface area contributed by atoms with Gasteiger partial charge in [0.15, 0.2) is 5.82 Å². The summed E-state index contributed by atoms with van der Waals surface area (Å²) in [5.74, 6) is 0.868. The normalized spacial score (nSPS) is 12.8. The second-order valence-electron chi connectivity index (χ2n) is 6.96. The van der Waals surface area contributed by atoms with Gasteiger partial charge in [0.25, 0.3) is 11.6 Å². The minimum absolute atomic E-state index is 0.00405. The number of nitro benzene ring substituents is 1. The summed E-state index contributed by atoms with van der Waals surface area (Å²) in [5.41, 5.74) is 2.46. The fourth-order valence-electron chi connectivity index (χ4n) is 3.47. The van der Waals surface area contributed by atoms with Crippen molar-refractivity contribution in [1.29, 1.82) is 0 Å². The van der Waals surface area contributed by atoms with Crippen LogP contribution in [-0.2, 0) is 6.54 Å². The number of rotatable bonds is 5. The Balaban J connectivity index is 1.67. The molecule has 4 rings (SSSR count). The Morgan fingerprint density at radius 2 is 2.00 bits per heavy atom. The lowest BCUT2D eigenvalue weighted by molar-refractivity contribution is -0.384. The fourth-order valence-corrected chi connectivity index (χ4v) is 3.61. The molecule has 31 heavy (non-hydrogen) atoms. The lowest BCUT2D eigenvalue weighted by atomic mass is 10.1. The predicted octanol–water partition coefficient (Wildman–Crippen LogP) is 4.40. The van der Waals surface area contributed by atoms with Gasteiger partial charge >= 0.3 is 0 Å². The molecule has 0 aliphatic carbocycles. The highest BCUT2D eigenvalue weighted by molar-refractivity contribution is 6.29. The molecule has 2 aromatic heterocycles. The zero-order valence-corrected chi connectivity index (χ0v) is 17.6. The average molecular weight is 439 g/mol. The molecule has 158 valence electrons. The molecular weight excluding hydrogens is 420 g/mol. The van der Waals surface area contributed by atoms with Crippen molar-refractivity contribution in [3.63, 3.8) is 0 Å². The maximum Gasteiger partial charge on any atom is 0.271 e. The lowest BCUT2D eigenvalue weighted by Gasteiger charge is -2.23. The molecule has 0 atom stereocenters. The van der Waals surface area contributed by atoms with Crippen molar-refractivity contribution in [2.45, 2.75) is 13.5 Å². The van der Waals surface area contributed by atoms with E-state index < -0.39 is 4.92 Å². The molecule has 0 radical (unpaired) electrons. The maximum atomic E-state index is 13.2. The van der Waals surface area contributed by atoms with Crippen LogP contribution >= 0.6 is 11.6 Å². The number of pyridine rings is 2. The van der Waals surface area contributed by atoms with Crippen LogP contribution in [-0.4, -0.2) is 34.4 Å². The quantitative estimate of drug-likeness (QED) is 0.357. The molecule has 0 bridgehead atoms. The second kappa shape index (κ2) is 8.19. The molecule has 1 aliphatic rings. The zero-order valence-electron chi connectivity index (χ0n) is 16.9. The molecule has 3 heterocycles. The minimum Gasteiger partial charge on any atom is -0.381 e. The van der Waals surface area contributed by atoms with E-state index in [0.717, 1.165) is 5.56 Å². The Labute approximate surface area is 183 Å². The molecule has 0 unspecified atom stereocenters. The van der Waals surface area contributed by atoms with Crippen LogP contribution in [0.4, 0.5) is 28.7 Å². The number of nitro groups is 1. The number of hydrogen-bond donors (Lipinski definition) is 1. The maximum absolute atomic E-state index is 13.2. The molecule has 0 saturated heterocycles. The molecule has 10 heteroatoms. The van der Waals surface area contributed by atoms with Crippen molar-refractivity contribution < 1.29 is 9.72 Å². The predicted molar refractivity (Wildman–Crippen MR) is 119 cm³/mol. The highest BCUT2D eigenvalue weighted by atomic mass is 35.5. The number of fused-ring (bicyclic) bond motifs is 2. The third-order valence-electron chi connectivity index (χ3n) is 5.02. The monoisotopic (exact) mass is 438 g/mol. The number of aromatic nitrogens is 2. The molecule has 9 nitrogen and oxygen atoms in total. The summed E-state index contributed by atoms with van der Waals surface area (Å²) < 4.78 is 0. The molecule has 3 aromatic rings. The van der Waals surface area contributed by atoms with E-state index in [1.807, 2.05) is 11.8 Å². The van der Waals surface area contributed by atoms with E-state index in [9.17, 15) is 14.9 Å². The van der Waals surface area contributed by atoms with Crippen LogP contribution < -0.4 is 15.1 Å². The molecule has 1 aromatic carbocycles. The topological polar surface area (TPSA) is 104 Å². The Morgan fingerprint density at radius 1 is 1.19 bits per heavy atom. The number of anilines is 4. The summed E-state index contributed by atoms with van der Waals surface area (Å²) in [7, 11) is 1.69. The SMILES string of the molecule is CCN1c2ncc(CNc3cccc([N+](=O)[O-])c3)cc2C(=O)N(C)c2ccc(Cl)nc21. The molecule has 0 saturated carbocycles. The van der Waals surface area contributed by atoms with E-state index >= 15 is 0 Å². The van der Waals surface area contributed by atoms with Crippen LogP contribution in [0.5, 0.6) is 0 Å². The van der Waals surface area contributed by atoms with Crippen LogP contribution in [0.1, 0.15) is 22.8 Å². The number of carbonyl (C=O) groups is 1. The largest absolute Gasteiger partial charge is 0.381 e. The summed E-state index contributed by atoms with van der Waals surface area (Å²) in [6.07, 6.45) is 1.68. The van der Waals surface area contributed by atoms with Crippen LogP contribution in [0.3, 0.4) is 0 Å². The first-order chi connectivity index (χ1) is 14.9. The van der Waals surface area contributed by atoms with E-state index in [4.69, 9.17) is 11.6 Å². The Morgan fingerprint density at radius 3 is 2.74 bits per heavy atom.